The van der Waals surface area contributed by atoms with E-state index in [4.69, 9.17) is 4.98 Å². The summed E-state index contributed by atoms with van der Waals surface area (Å²) < 4.78 is 31.2. The van der Waals surface area contributed by atoms with Gasteiger partial charge in [-0.15, -0.1) is 11.3 Å². The van der Waals surface area contributed by atoms with Gasteiger partial charge in [0.2, 0.25) is 0 Å². The van der Waals surface area contributed by atoms with Gasteiger partial charge in [-0.25, -0.2) is 18.7 Å². The van der Waals surface area contributed by atoms with Crippen LogP contribution in [0.3, 0.4) is 0 Å². The van der Waals surface area contributed by atoms with Crippen LogP contribution in [0.1, 0.15) is 38.1 Å². The highest BCUT2D eigenvalue weighted by molar-refractivity contribution is 7.13. The van der Waals surface area contributed by atoms with Crippen molar-refractivity contribution < 1.29 is 8.78 Å². The molecule has 0 saturated carbocycles. The first-order valence-corrected chi connectivity index (χ1v) is 12.4. The standard InChI is InChI=1S/C24H30F2N6S/c1-5-18-22(30(4)23-29-19(14-33-23)15(2)24(3)7-6-20(24)26)32-13-16(12-17(25)21(32)28-18)31-10-8-27-9-11-31/h6-7,12-15,20,27H,5,8-11H2,1-4H3/t15-,20?,24?/m1/s1. The molecule has 0 bridgehead atoms. The smallest absolute Gasteiger partial charge is 0.190 e. The third kappa shape index (κ3) is 3.61. The number of halogens is 2. The number of hydrogen-bond donors (Lipinski definition) is 1. The molecule has 1 N–H and O–H groups in total. The van der Waals surface area contributed by atoms with E-state index in [0.717, 1.165) is 54.2 Å². The lowest BCUT2D eigenvalue weighted by Crippen LogP contribution is -2.43. The van der Waals surface area contributed by atoms with Gasteiger partial charge >= 0.3 is 0 Å². The lowest BCUT2D eigenvalue weighted by atomic mass is 9.67. The second-order valence-corrected chi connectivity index (χ2v) is 10.0. The second kappa shape index (κ2) is 8.36. The molecule has 3 atom stereocenters. The average molecular weight is 473 g/mol. The van der Waals surface area contributed by atoms with Crippen molar-refractivity contribution in [1.82, 2.24) is 19.7 Å². The summed E-state index contributed by atoms with van der Waals surface area (Å²) in [7, 11) is 1.94. The quantitative estimate of drug-likeness (QED) is 0.528. The number of fused-ring (bicyclic) bond motifs is 1. The Bertz CT molecular complexity index is 1200. The number of alkyl halides is 1. The molecule has 3 aromatic heterocycles. The molecule has 9 heteroatoms. The normalized spacial score (nSPS) is 23.7. The van der Waals surface area contributed by atoms with Crippen LogP contribution in [0.2, 0.25) is 0 Å². The summed E-state index contributed by atoms with van der Waals surface area (Å²) in [5.74, 6) is 0.447. The van der Waals surface area contributed by atoms with Crippen LogP contribution in [0.4, 0.5) is 25.4 Å². The average Bonchev–Trinajstić information content (AvgIpc) is 3.47. The van der Waals surface area contributed by atoms with Crippen LogP contribution in [-0.4, -0.2) is 53.8 Å². The molecule has 1 aliphatic heterocycles. The van der Waals surface area contributed by atoms with Crippen molar-refractivity contribution in [2.75, 3.05) is 43.0 Å². The number of anilines is 3. The monoisotopic (exact) mass is 472 g/mol. The Kier molecular flexibility index (Phi) is 5.64. The second-order valence-electron chi connectivity index (χ2n) is 9.18. The van der Waals surface area contributed by atoms with Crippen LogP contribution < -0.4 is 15.1 Å². The first kappa shape index (κ1) is 22.3. The topological polar surface area (TPSA) is 48.7 Å². The summed E-state index contributed by atoms with van der Waals surface area (Å²) in [6.45, 7) is 9.41. The Balaban J connectivity index is 1.53. The van der Waals surface area contributed by atoms with Gasteiger partial charge in [-0.2, -0.15) is 0 Å². The minimum absolute atomic E-state index is 0.0412. The number of thiazole rings is 1. The molecule has 3 aromatic rings. The third-order valence-electron chi connectivity index (χ3n) is 7.23. The van der Waals surface area contributed by atoms with Crippen LogP contribution in [-0.2, 0) is 6.42 Å². The lowest BCUT2D eigenvalue weighted by Gasteiger charge is -2.40. The molecule has 4 heterocycles. The number of nitrogens with zero attached hydrogens (tertiary/aromatic N) is 5. The molecule has 6 nitrogen and oxygen atoms in total. The minimum atomic E-state index is -0.952. The van der Waals surface area contributed by atoms with E-state index in [2.05, 4.69) is 15.2 Å². The highest BCUT2D eigenvalue weighted by atomic mass is 32.1. The molecule has 0 radical (unpaired) electrons. The number of allylic oxidation sites excluding steroid dienone is 2. The maximum atomic E-state index is 15.1. The summed E-state index contributed by atoms with van der Waals surface area (Å²) in [5.41, 5.74) is 2.34. The van der Waals surface area contributed by atoms with Crippen LogP contribution in [0.15, 0.2) is 29.8 Å². The van der Waals surface area contributed by atoms with Crippen molar-refractivity contribution in [2.45, 2.75) is 39.3 Å². The zero-order valence-electron chi connectivity index (χ0n) is 19.5. The Morgan fingerprint density at radius 3 is 2.73 bits per heavy atom. The van der Waals surface area contributed by atoms with Gasteiger partial charge in [0.15, 0.2) is 16.6 Å². The molecular weight excluding hydrogens is 442 g/mol. The molecule has 176 valence electrons. The van der Waals surface area contributed by atoms with Gasteiger partial charge in [0.05, 0.1) is 17.1 Å². The van der Waals surface area contributed by atoms with Crippen molar-refractivity contribution in [3.05, 3.63) is 47.0 Å². The molecule has 5 rings (SSSR count). The number of hydrogen-bond acceptors (Lipinski definition) is 6. The molecule has 1 fully saturated rings. The SMILES string of the molecule is CCc1nc2c(F)cc(N3CCNCC3)cn2c1N(C)c1nc([C@@H](C)C2(C)C=CC2F)cs1. The summed E-state index contributed by atoms with van der Waals surface area (Å²) >= 11 is 1.52. The van der Waals surface area contributed by atoms with Crippen LogP contribution in [0.5, 0.6) is 0 Å². The first-order valence-electron chi connectivity index (χ1n) is 11.5. The highest BCUT2D eigenvalue weighted by Gasteiger charge is 2.43. The predicted octanol–water partition coefficient (Wildman–Crippen LogP) is 4.69. The van der Waals surface area contributed by atoms with E-state index < -0.39 is 11.6 Å². The highest BCUT2D eigenvalue weighted by Crippen LogP contribution is 2.48. The summed E-state index contributed by atoms with van der Waals surface area (Å²) in [6.07, 6.45) is 5.24. The Morgan fingerprint density at radius 1 is 1.33 bits per heavy atom. The number of imidazole rings is 1. The number of aryl methyl sites for hydroxylation is 1. The van der Waals surface area contributed by atoms with E-state index in [0.29, 0.717) is 12.1 Å². The van der Waals surface area contributed by atoms with Crippen LogP contribution in [0, 0.1) is 11.2 Å². The van der Waals surface area contributed by atoms with Gasteiger partial charge in [-0.1, -0.05) is 32.9 Å². The van der Waals surface area contributed by atoms with E-state index in [1.165, 1.54) is 11.3 Å². The number of pyridine rings is 1. The fourth-order valence-corrected chi connectivity index (χ4v) is 5.59. The molecule has 0 amide bonds. The van der Waals surface area contributed by atoms with Crippen molar-refractivity contribution in [1.29, 1.82) is 0 Å². The summed E-state index contributed by atoms with van der Waals surface area (Å²) in [5, 5.41) is 6.12. The Morgan fingerprint density at radius 2 is 2.09 bits per heavy atom. The van der Waals surface area contributed by atoms with E-state index in [1.807, 2.05) is 54.8 Å². The van der Waals surface area contributed by atoms with E-state index in [1.54, 1.807) is 12.1 Å². The molecule has 0 aromatic carbocycles. The van der Waals surface area contributed by atoms with Crippen LogP contribution >= 0.6 is 11.3 Å². The van der Waals surface area contributed by atoms with Gasteiger partial charge in [0.1, 0.15) is 12.0 Å². The van der Waals surface area contributed by atoms with E-state index >= 15 is 4.39 Å². The molecule has 1 aliphatic carbocycles. The first-order chi connectivity index (χ1) is 15.8. The maximum absolute atomic E-state index is 15.1. The molecular formula is C24H30F2N6S. The van der Waals surface area contributed by atoms with Gasteiger partial charge in [0, 0.05) is 62.2 Å². The fourth-order valence-electron chi connectivity index (χ4n) is 4.71. The predicted molar refractivity (Wildman–Crippen MR) is 130 cm³/mol. The zero-order chi connectivity index (χ0) is 23.3. The number of nitrogens with one attached hydrogen (secondary N) is 1. The van der Waals surface area contributed by atoms with Crippen molar-refractivity contribution in [3.8, 4) is 0 Å². The number of piperazine rings is 1. The molecule has 33 heavy (non-hydrogen) atoms. The van der Waals surface area contributed by atoms with Crippen molar-refractivity contribution in [2.24, 2.45) is 5.41 Å². The van der Waals surface area contributed by atoms with Gasteiger partial charge < -0.3 is 15.1 Å². The van der Waals surface area contributed by atoms with Gasteiger partial charge in [-0.05, 0) is 6.42 Å². The molecule has 2 aliphatic rings. The molecule has 2 unspecified atom stereocenters. The fraction of sp³-hybridized carbons (Fsp3) is 0.500. The molecule has 1 saturated heterocycles. The summed E-state index contributed by atoms with van der Waals surface area (Å²) in [4.78, 5) is 13.6. The summed E-state index contributed by atoms with van der Waals surface area (Å²) in [6, 6.07) is 1.58. The number of rotatable bonds is 6. The lowest BCUT2D eigenvalue weighted by molar-refractivity contribution is 0.155. The Hall–Kier alpha value is -2.52. The maximum Gasteiger partial charge on any atom is 0.190 e. The van der Waals surface area contributed by atoms with E-state index in [-0.39, 0.29) is 11.7 Å². The van der Waals surface area contributed by atoms with Gasteiger partial charge in [-0.3, -0.25) is 4.40 Å². The zero-order valence-corrected chi connectivity index (χ0v) is 20.3. The van der Waals surface area contributed by atoms with Gasteiger partial charge in [0.25, 0.3) is 0 Å². The van der Waals surface area contributed by atoms with Crippen molar-refractivity contribution in [3.63, 3.8) is 0 Å². The number of aromatic nitrogens is 3. The van der Waals surface area contributed by atoms with Crippen molar-refractivity contribution >= 4 is 33.6 Å². The third-order valence-corrected chi connectivity index (χ3v) is 8.17. The Labute approximate surface area is 196 Å². The minimum Gasteiger partial charge on any atom is -0.368 e. The van der Waals surface area contributed by atoms with E-state index in [9.17, 15) is 4.39 Å². The van der Waals surface area contributed by atoms with Crippen LogP contribution in [0.25, 0.3) is 5.65 Å². The molecule has 0 spiro atoms. The largest absolute Gasteiger partial charge is 0.368 e.